The average molecular weight is 214 g/mol. The third-order valence-corrected chi connectivity index (χ3v) is 3.09. The Hall–Kier alpha value is -1.68. The second-order valence-corrected chi connectivity index (χ2v) is 4.25. The Morgan fingerprint density at radius 1 is 1.38 bits per heavy atom. The lowest BCUT2D eigenvalue weighted by Crippen LogP contribution is -2.17. The van der Waals surface area contributed by atoms with Crippen molar-refractivity contribution in [3.63, 3.8) is 0 Å². The summed E-state index contributed by atoms with van der Waals surface area (Å²) >= 11 is 0. The monoisotopic (exact) mass is 214 g/mol. The minimum absolute atomic E-state index is 0.934. The van der Waals surface area contributed by atoms with E-state index in [4.69, 9.17) is 0 Å². The molecule has 2 aromatic heterocycles. The van der Waals surface area contributed by atoms with Crippen molar-refractivity contribution < 1.29 is 0 Å². The average Bonchev–Trinajstić information content (AvgIpc) is 2.85. The number of hydrogen-bond donors (Lipinski definition) is 0. The van der Waals surface area contributed by atoms with Crippen LogP contribution in [0.3, 0.4) is 0 Å². The molecule has 3 rings (SSSR count). The van der Waals surface area contributed by atoms with Crippen LogP contribution in [0.4, 0.5) is 0 Å². The van der Waals surface area contributed by atoms with E-state index < -0.39 is 0 Å². The maximum absolute atomic E-state index is 4.30. The Morgan fingerprint density at radius 3 is 3.06 bits per heavy atom. The molecule has 1 aliphatic heterocycles. The van der Waals surface area contributed by atoms with E-state index in [0.29, 0.717) is 0 Å². The van der Waals surface area contributed by atoms with E-state index in [1.165, 1.54) is 17.0 Å². The first-order valence-corrected chi connectivity index (χ1v) is 5.43. The Labute approximate surface area is 94.6 Å². The van der Waals surface area contributed by atoms with Crippen LogP contribution in [-0.2, 0) is 26.7 Å². The van der Waals surface area contributed by atoms with Crippen molar-refractivity contribution in [1.29, 1.82) is 0 Å². The Kier molecular flexibility index (Phi) is 2.22. The highest BCUT2D eigenvalue weighted by Gasteiger charge is 2.20. The Balaban J connectivity index is 1.75. The first-order valence-electron chi connectivity index (χ1n) is 5.43. The predicted octanol–water partition coefficient (Wildman–Crippen LogP) is 1.33. The van der Waals surface area contributed by atoms with E-state index in [1.807, 2.05) is 6.20 Å². The van der Waals surface area contributed by atoms with Crippen LogP contribution in [0.15, 0.2) is 30.9 Å². The van der Waals surface area contributed by atoms with Gasteiger partial charge in [-0.3, -0.25) is 4.90 Å². The van der Waals surface area contributed by atoms with Gasteiger partial charge in [0, 0.05) is 50.3 Å². The molecule has 0 bridgehead atoms. The second kappa shape index (κ2) is 3.72. The zero-order chi connectivity index (χ0) is 11.0. The van der Waals surface area contributed by atoms with Crippen LogP contribution in [0.2, 0.25) is 0 Å². The van der Waals surface area contributed by atoms with Gasteiger partial charge in [0.2, 0.25) is 0 Å². The van der Waals surface area contributed by atoms with E-state index in [1.54, 1.807) is 6.33 Å². The molecule has 0 atom stereocenters. The van der Waals surface area contributed by atoms with Crippen LogP contribution in [-0.4, -0.2) is 19.4 Å². The molecule has 0 aromatic carbocycles. The summed E-state index contributed by atoms with van der Waals surface area (Å²) < 4.78 is 2.16. The normalized spacial score (nSPS) is 15.3. The second-order valence-electron chi connectivity index (χ2n) is 4.25. The highest BCUT2D eigenvalue weighted by atomic mass is 15.2. The lowest BCUT2D eigenvalue weighted by molar-refractivity contribution is 0.267. The first-order chi connectivity index (χ1) is 7.83. The van der Waals surface area contributed by atoms with E-state index >= 15 is 0 Å². The number of aryl methyl sites for hydroxylation is 1. The van der Waals surface area contributed by atoms with Gasteiger partial charge in [-0.15, -0.1) is 0 Å². The van der Waals surface area contributed by atoms with Gasteiger partial charge in [-0.25, -0.2) is 9.97 Å². The van der Waals surface area contributed by atoms with Crippen LogP contribution in [0.1, 0.15) is 17.0 Å². The fourth-order valence-corrected chi connectivity index (χ4v) is 2.17. The predicted molar refractivity (Wildman–Crippen MR) is 60.4 cm³/mol. The molecule has 1 aliphatic rings. The largest absolute Gasteiger partial charge is 0.353 e. The van der Waals surface area contributed by atoms with Crippen molar-refractivity contribution in [2.75, 3.05) is 0 Å². The van der Waals surface area contributed by atoms with Crippen LogP contribution < -0.4 is 0 Å². The third kappa shape index (κ3) is 1.61. The summed E-state index contributed by atoms with van der Waals surface area (Å²) in [6.07, 6.45) is 5.64. The van der Waals surface area contributed by atoms with Gasteiger partial charge in [0.05, 0.1) is 5.69 Å². The number of aromatic nitrogens is 3. The van der Waals surface area contributed by atoms with Gasteiger partial charge in [-0.05, 0) is 12.1 Å². The van der Waals surface area contributed by atoms with Crippen molar-refractivity contribution in [3.05, 3.63) is 47.8 Å². The van der Waals surface area contributed by atoms with Gasteiger partial charge < -0.3 is 4.57 Å². The summed E-state index contributed by atoms with van der Waals surface area (Å²) in [5.74, 6) is 0. The van der Waals surface area contributed by atoms with Gasteiger partial charge in [-0.2, -0.15) is 0 Å². The fraction of sp³-hybridized carbons (Fsp3) is 0.333. The highest BCUT2D eigenvalue weighted by Crippen LogP contribution is 2.21. The standard InChI is InChI=1S/C12H14N4/c1-15-4-2-3-11(15)7-16-6-10-5-13-9-14-12(10)8-16/h2-5,9H,6-8H2,1H3. The fourth-order valence-electron chi connectivity index (χ4n) is 2.17. The van der Waals surface area contributed by atoms with E-state index in [2.05, 4.69) is 44.8 Å². The summed E-state index contributed by atoms with van der Waals surface area (Å²) in [7, 11) is 2.08. The quantitative estimate of drug-likeness (QED) is 0.756. The minimum atomic E-state index is 0.934. The molecule has 0 amide bonds. The lowest BCUT2D eigenvalue weighted by Gasteiger charge is -2.14. The van der Waals surface area contributed by atoms with E-state index in [9.17, 15) is 0 Å². The number of rotatable bonds is 2. The molecule has 0 radical (unpaired) electrons. The van der Waals surface area contributed by atoms with Crippen molar-refractivity contribution in [3.8, 4) is 0 Å². The molecule has 16 heavy (non-hydrogen) atoms. The topological polar surface area (TPSA) is 34.0 Å². The van der Waals surface area contributed by atoms with Gasteiger partial charge in [-0.1, -0.05) is 0 Å². The molecule has 0 saturated carbocycles. The molecule has 2 aromatic rings. The number of fused-ring (bicyclic) bond motifs is 1. The molecule has 0 saturated heterocycles. The molecule has 3 heterocycles. The molecule has 4 nitrogen and oxygen atoms in total. The summed E-state index contributed by atoms with van der Waals surface area (Å²) in [5, 5.41) is 0. The molecule has 0 N–H and O–H groups in total. The van der Waals surface area contributed by atoms with Crippen LogP contribution in [0, 0.1) is 0 Å². The summed E-state index contributed by atoms with van der Waals surface area (Å²) in [4.78, 5) is 10.7. The molecule has 0 aliphatic carbocycles. The van der Waals surface area contributed by atoms with Gasteiger partial charge in [0.15, 0.2) is 0 Å². The van der Waals surface area contributed by atoms with Crippen molar-refractivity contribution in [1.82, 2.24) is 19.4 Å². The zero-order valence-corrected chi connectivity index (χ0v) is 9.30. The number of nitrogens with zero attached hydrogens (tertiary/aromatic N) is 4. The third-order valence-electron chi connectivity index (χ3n) is 3.09. The van der Waals surface area contributed by atoms with Gasteiger partial charge in [0.25, 0.3) is 0 Å². The number of hydrogen-bond acceptors (Lipinski definition) is 3. The van der Waals surface area contributed by atoms with Crippen LogP contribution in [0.25, 0.3) is 0 Å². The SMILES string of the molecule is Cn1cccc1CN1Cc2cncnc2C1. The van der Waals surface area contributed by atoms with Crippen LogP contribution >= 0.6 is 0 Å². The first kappa shape index (κ1) is 9.54. The summed E-state index contributed by atoms with van der Waals surface area (Å²) in [5.41, 5.74) is 3.77. The Bertz CT molecular complexity index is 478. The molecular formula is C12H14N4. The smallest absolute Gasteiger partial charge is 0.115 e. The van der Waals surface area contributed by atoms with E-state index in [0.717, 1.165) is 19.6 Å². The van der Waals surface area contributed by atoms with Crippen molar-refractivity contribution >= 4 is 0 Å². The van der Waals surface area contributed by atoms with Crippen LogP contribution in [0.5, 0.6) is 0 Å². The molecule has 0 spiro atoms. The van der Waals surface area contributed by atoms with Gasteiger partial charge >= 0.3 is 0 Å². The van der Waals surface area contributed by atoms with Crippen molar-refractivity contribution in [2.45, 2.75) is 19.6 Å². The molecule has 0 unspecified atom stereocenters. The molecule has 4 heteroatoms. The summed E-state index contributed by atoms with van der Waals surface area (Å²) in [6.45, 7) is 2.87. The van der Waals surface area contributed by atoms with E-state index in [-0.39, 0.29) is 0 Å². The van der Waals surface area contributed by atoms with Gasteiger partial charge in [0.1, 0.15) is 6.33 Å². The molecular weight excluding hydrogens is 200 g/mol. The summed E-state index contributed by atoms with van der Waals surface area (Å²) in [6, 6.07) is 4.24. The molecule has 82 valence electrons. The minimum Gasteiger partial charge on any atom is -0.353 e. The molecule has 0 fully saturated rings. The maximum atomic E-state index is 4.30. The lowest BCUT2D eigenvalue weighted by atomic mass is 10.3. The maximum Gasteiger partial charge on any atom is 0.115 e. The highest BCUT2D eigenvalue weighted by molar-refractivity contribution is 5.20. The Morgan fingerprint density at radius 2 is 2.31 bits per heavy atom. The van der Waals surface area contributed by atoms with Crippen molar-refractivity contribution in [2.24, 2.45) is 7.05 Å². The zero-order valence-electron chi connectivity index (χ0n) is 9.30.